The van der Waals surface area contributed by atoms with Gasteiger partial charge in [0.1, 0.15) is 17.5 Å². The van der Waals surface area contributed by atoms with E-state index in [4.69, 9.17) is 0 Å². The molecule has 4 rings (SSSR count). The van der Waals surface area contributed by atoms with E-state index in [0.717, 1.165) is 37.2 Å². The summed E-state index contributed by atoms with van der Waals surface area (Å²) in [5.41, 5.74) is 0.857. The second kappa shape index (κ2) is 7.93. The van der Waals surface area contributed by atoms with Gasteiger partial charge in [0.2, 0.25) is 0 Å². The van der Waals surface area contributed by atoms with Crippen molar-refractivity contribution in [2.75, 3.05) is 0 Å². The van der Waals surface area contributed by atoms with Gasteiger partial charge in [-0.25, -0.2) is 13.2 Å². The lowest BCUT2D eigenvalue weighted by Gasteiger charge is -2.41. The molecule has 0 saturated heterocycles. The van der Waals surface area contributed by atoms with E-state index in [-0.39, 0.29) is 16.9 Å². The van der Waals surface area contributed by atoms with E-state index >= 15 is 4.39 Å². The molecule has 4 atom stereocenters. The highest BCUT2D eigenvalue weighted by atomic mass is 19.1. The standard InChI is InChI=1S/C25H29F3/c1-3-4-5-16-11-20-14-22(27)23(25(28)24(20)21(26)12-16)19-9-8-17-10-15(2)6-7-18(17)13-19/h3,11-12,14-15,17-19H,1,4-10,13H2,2H3. The highest BCUT2D eigenvalue weighted by molar-refractivity contribution is 5.85. The minimum absolute atomic E-state index is 0.0573. The Morgan fingerprint density at radius 3 is 2.50 bits per heavy atom. The minimum Gasteiger partial charge on any atom is -0.207 e. The van der Waals surface area contributed by atoms with Gasteiger partial charge in [-0.2, -0.15) is 0 Å². The lowest BCUT2D eigenvalue weighted by molar-refractivity contribution is 0.123. The molecule has 2 aromatic rings. The first kappa shape index (κ1) is 19.5. The number of hydrogen-bond donors (Lipinski definition) is 0. The Kier molecular flexibility index (Phi) is 5.53. The molecule has 0 N–H and O–H groups in total. The monoisotopic (exact) mass is 386 g/mol. The molecule has 0 bridgehead atoms. The molecular weight excluding hydrogens is 357 g/mol. The van der Waals surface area contributed by atoms with Crippen LogP contribution in [0.2, 0.25) is 0 Å². The van der Waals surface area contributed by atoms with Crippen LogP contribution in [0.1, 0.15) is 68.9 Å². The Morgan fingerprint density at radius 1 is 0.964 bits per heavy atom. The van der Waals surface area contributed by atoms with Crippen molar-refractivity contribution in [1.29, 1.82) is 0 Å². The van der Waals surface area contributed by atoms with Crippen LogP contribution in [-0.2, 0) is 6.42 Å². The van der Waals surface area contributed by atoms with Gasteiger partial charge in [-0.05, 0) is 91.7 Å². The normalized spacial score (nSPS) is 27.6. The quantitative estimate of drug-likeness (QED) is 0.472. The average Bonchev–Trinajstić information content (AvgIpc) is 2.65. The van der Waals surface area contributed by atoms with E-state index in [2.05, 4.69) is 13.5 Å². The van der Waals surface area contributed by atoms with Crippen LogP contribution in [0.25, 0.3) is 10.8 Å². The average molecular weight is 387 g/mol. The van der Waals surface area contributed by atoms with E-state index in [1.54, 1.807) is 12.1 Å². The van der Waals surface area contributed by atoms with Crippen LogP contribution in [0.5, 0.6) is 0 Å². The SMILES string of the molecule is C=CCCc1cc(F)c2c(F)c(C3CCC4CC(C)CCC4C3)c(F)cc2c1. The fourth-order valence-electron chi connectivity index (χ4n) is 5.66. The van der Waals surface area contributed by atoms with E-state index in [1.165, 1.54) is 25.0 Å². The second-order valence-corrected chi connectivity index (χ2v) is 9.04. The van der Waals surface area contributed by atoms with Gasteiger partial charge in [0.05, 0.1) is 5.39 Å². The maximum Gasteiger partial charge on any atom is 0.140 e. The van der Waals surface area contributed by atoms with Gasteiger partial charge in [0, 0.05) is 5.56 Å². The lowest BCUT2D eigenvalue weighted by Crippen LogP contribution is -2.30. The molecule has 2 aliphatic carbocycles. The van der Waals surface area contributed by atoms with Crippen molar-refractivity contribution in [3.63, 3.8) is 0 Å². The zero-order valence-electron chi connectivity index (χ0n) is 16.6. The third-order valence-corrected chi connectivity index (χ3v) is 7.10. The fourth-order valence-corrected chi connectivity index (χ4v) is 5.66. The first-order valence-electron chi connectivity index (χ1n) is 10.7. The van der Waals surface area contributed by atoms with Crippen LogP contribution in [0.15, 0.2) is 30.9 Å². The predicted octanol–water partition coefficient (Wildman–Crippen LogP) is 7.70. The molecule has 4 unspecified atom stereocenters. The zero-order chi connectivity index (χ0) is 19.8. The molecule has 0 nitrogen and oxygen atoms in total. The summed E-state index contributed by atoms with van der Waals surface area (Å²) in [5, 5.41) is 0.260. The van der Waals surface area contributed by atoms with Gasteiger partial charge in [-0.3, -0.25) is 0 Å². The molecule has 150 valence electrons. The number of rotatable bonds is 4. The number of allylic oxidation sites excluding steroid dienone is 1. The lowest BCUT2D eigenvalue weighted by atomic mass is 9.64. The molecule has 28 heavy (non-hydrogen) atoms. The van der Waals surface area contributed by atoms with E-state index in [1.807, 2.05) is 0 Å². The van der Waals surface area contributed by atoms with Crippen molar-refractivity contribution in [2.24, 2.45) is 17.8 Å². The Bertz CT molecular complexity index is 885. The maximum absolute atomic E-state index is 15.3. The molecule has 0 radical (unpaired) electrons. The highest BCUT2D eigenvalue weighted by Crippen LogP contribution is 2.48. The fraction of sp³-hybridized carbons (Fsp3) is 0.520. The van der Waals surface area contributed by atoms with E-state index in [9.17, 15) is 8.78 Å². The number of benzene rings is 2. The van der Waals surface area contributed by atoms with Gasteiger partial charge >= 0.3 is 0 Å². The van der Waals surface area contributed by atoms with Crippen molar-refractivity contribution in [1.82, 2.24) is 0 Å². The van der Waals surface area contributed by atoms with Crippen LogP contribution in [0, 0.1) is 35.2 Å². The molecule has 0 spiro atoms. The zero-order valence-corrected chi connectivity index (χ0v) is 16.6. The van der Waals surface area contributed by atoms with Gasteiger partial charge < -0.3 is 0 Å². The van der Waals surface area contributed by atoms with Gasteiger partial charge in [-0.15, -0.1) is 6.58 Å². The smallest absolute Gasteiger partial charge is 0.140 e. The minimum atomic E-state index is -0.685. The predicted molar refractivity (Wildman–Crippen MR) is 109 cm³/mol. The Balaban J connectivity index is 1.68. The van der Waals surface area contributed by atoms with Crippen LogP contribution < -0.4 is 0 Å². The van der Waals surface area contributed by atoms with Crippen molar-refractivity contribution in [3.05, 3.63) is 59.4 Å². The number of fused-ring (bicyclic) bond motifs is 2. The summed E-state index contributed by atoms with van der Waals surface area (Å²) in [4.78, 5) is 0. The molecule has 2 saturated carbocycles. The van der Waals surface area contributed by atoms with Crippen molar-refractivity contribution >= 4 is 10.8 Å². The first-order valence-corrected chi connectivity index (χ1v) is 10.7. The summed E-state index contributed by atoms with van der Waals surface area (Å²) in [6.07, 6.45) is 9.33. The van der Waals surface area contributed by atoms with Crippen LogP contribution >= 0.6 is 0 Å². The molecule has 3 heteroatoms. The molecule has 0 aromatic heterocycles. The number of halogens is 3. The van der Waals surface area contributed by atoms with Crippen LogP contribution in [0.4, 0.5) is 13.2 Å². The molecule has 0 amide bonds. The number of aryl methyl sites for hydroxylation is 1. The molecule has 0 aliphatic heterocycles. The first-order chi connectivity index (χ1) is 13.5. The van der Waals surface area contributed by atoms with Crippen molar-refractivity contribution in [3.8, 4) is 0 Å². The van der Waals surface area contributed by atoms with Crippen LogP contribution in [-0.4, -0.2) is 0 Å². The topological polar surface area (TPSA) is 0 Å². The largest absolute Gasteiger partial charge is 0.207 e. The van der Waals surface area contributed by atoms with Gasteiger partial charge in [-0.1, -0.05) is 25.5 Å². The summed E-state index contributed by atoms with van der Waals surface area (Å²) in [7, 11) is 0. The Hall–Kier alpha value is -1.77. The summed E-state index contributed by atoms with van der Waals surface area (Å²) < 4.78 is 45.1. The third kappa shape index (κ3) is 3.60. The number of hydrogen-bond acceptors (Lipinski definition) is 0. The van der Waals surface area contributed by atoms with E-state index in [0.29, 0.717) is 30.1 Å². The summed E-state index contributed by atoms with van der Waals surface area (Å²) in [6, 6.07) is 4.43. The summed E-state index contributed by atoms with van der Waals surface area (Å²) in [6.45, 7) is 5.97. The van der Waals surface area contributed by atoms with Crippen molar-refractivity contribution in [2.45, 2.75) is 64.2 Å². The third-order valence-electron chi connectivity index (χ3n) is 7.10. The molecule has 2 aromatic carbocycles. The summed E-state index contributed by atoms with van der Waals surface area (Å²) >= 11 is 0. The summed E-state index contributed by atoms with van der Waals surface area (Å²) in [5.74, 6) is 0.0744. The van der Waals surface area contributed by atoms with Gasteiger partial charge in [0.15, 0.2) is 0 Å². The molecule has 2 aliphatic rings. The molecular formula is C25H29F3. The molecule has 2 fully saturated rings. The highest BCUT2D eigenvalue weighted by Gasteiger charge is 2.37. The van der Waals surface area contributed by atoms with E-state index < -0.39 is 17.5 Å². The van der Waals surface area contributed by atoms with Gasteiger partial charge in [0.25, 0.3) is 0 Å². The Morgan fingerprint density at radius 2 is 1.71 bits per heavy atom. The second-order valence-electron chi connectivity index (χ2n) is 9.04. The Labute approximate surface area is 165 Å². The maximum atomic E-state index is 15.3. The van der Waals surface area contributed by atoms with Crippen molar-refractivity contribution < 1.29 is 13.2 Å². The molecule has 0 heterocycles. The van der Waals surface area contributed by atoms with Crippen LogP contribution in [0.3, 0.4) is 0 Å².